The van der Waals surface area contributed by atoms with Gasteiger partial charge < -0.3 is 4.90 Å². The molecule has 2 aliphatic rings. The highest BCUT2D eigenvalue weighted by Crippen LogP contribution is 2.55. The Morgan fingerprint density at radius 3 is 1.76 bits per heavy atom. The second-order valence-corrected chi connectivity index (χ2v) is 22.1. The number of hydrogen-bond donors (Lipinski definition) is 0. The summed E-state index contributed by atoms with van der Waals surface area (Å²) in [5.74, 6) is 0. The van der Waals surface area contributed by atoms with Gasteiger partial charge in [0, 0.05) is 27.6 Å². The number of hydrogen-bond acceptors (Lipinski definition) is 1. The van der Waals surface area contributed by atoms with E-state index < -0.39 is 8.07 Å². The van der Waals surface area contributed by atoms with Gasteiger partial charge in [-0.3, -0.25) is 0 Å². The van der Waals surface area contributed by atoms with Gasteiger partial charge >= 0.3 is 0 Å². The van der Waals surface area contributed by atoms with Crippen molar-refractivity contribution in [1.29, 1.82) is 0 Å². The number of fused-ring (bicyclic) bond motifs is 7. The predicted molar refractivity (Wildman–Crippen MR) is 223 cm³/mol. The summed E-state index contributed by atoms with van der Waals surface area (Å²) in [5.41, 5.74) is 14.6. The second-order valence-electron chi connectivity index (χ2n) is 17.0. The molecular weight excluding hydrogens is 631 g/mol. The largest absolute Gasteiger partial charge is 0.310 e. The van der Waals surface area contributed by atoms with Crippen LogP contribution in [0.1, 0.15) is 49.9 Å². The van der Waals surface area contributed by atoms with Crippen molar-refractivity contribution in [2.45, 2.75) is 58.2 Å². The van der Waals surface area contributed by atoms with Crippen molar-refractivity contribution in [2.75, 3.05) is 4.90 Å². The summed E-state index contributed by atoms with van der Waals surface area (Å²) in [5, 5.41) is 9.45. The molecular formula is C49H43NSi. The van der Waals surface area contributed by atoms with Gasteiger partial charge in [-0.25, -0.2) is 0 Å². The van der Waals surface area contributed by atoms with E-state index in [1.165, 1.54) is 99.1 Å². The Labute approximate surface area is 302 Å². The standard InChI is InChI=1S/C49H43NSi/c1-48(2)40-14-10-8-12-35(40)39-29-33(21-26-42(39)48)50(32-19-22-34(23-20-32)51(5,6)7)44-27-18-30-16-17-31-28-43-47(38-25-24-37(44)45(30)46(31)38)36-13-9-11-15-41(36)49(43,3)4/h8-29H,1-7H3. The van der Waals surface area contributed by atoms with Crippen molar-refractivity contribution < 1.29 is 0 Å². The van der Waals surface area contributed by atoms with Gasteiger partial charge in [0.05, 0.1) is 13.8 Å². The Balaban J connectivity index is 1.25. The Hall–Kier alpha value is -5.18. The molecule has 0 fully saturated rings. The molecule has 0 atom stereocenters. The van der Waals surface area contributed by atoms with E-state index in [4.69, 9.17) is 0 Å². The maximum Gasteiger partial charge on any atom is 0.0775 e. The predicted octanol–water partition coefficient (Wildman–Crippen LogP) is 13.2. The van der Waals surface area contributed by atoms with Gasteiger partial charge in [-0.2, -0.15) is 0 Å². The Morgan fingerprint density at radius 1 is 0.451 bits per heavy atom. The molecule has 2 heteroatoms. The highest BCUT2D eigenvalue weighted by atomic mass is 28.3. The van der Waals surface area contributed by atoms with E-state index in [1.54, 1.807) is 0 Å². The van der Waals surface area contributed by atoms with E-state index in [1.807, 2.05) is 0 Å². The molecule has 248 valence electrons. The summed E-state index contributed by atoms with van der Waals surface area (Å²) in [6.07, 6.45) is 0. The Kier molecular flexibility index (Phi) is 6.13. The third-order valence-corrected chi connectivity index (χ3v) is 14.4. The molecule has 1 nitrogen and oxygen atoms in total. The van der Waals surface area contributed by atoms with Crippen molar-refractivity contribution in [3.8, 4) is 22.3 Å². The zero-order valence-corrected chi connectivity index (χ0v) is 31.6. The summed E-state index contributed by atoms with van der Waals surface area (Å²) in [7, 11) is -1.47. The fraction of sp³-hybridized carbons (Fsp3) is 0.184. The molecule has 0 aliphatic heterocycles. The normalized spacial score (nSPS) is 15.3. The van der Waals surface area contributed by atoms with Crippen LogP contribution in [0.15, 0.2) is 133 Å². The third kappa shape index (κ3) is 4.14. The topological polar surface area (TPSA) is 3.24 Å². The van der Waals surface area contributed by atoms with E-state index in [0.29, 0.717) is 0 Å². The first kappa shape index (κ1) is 30.6. The highest BCUT2D eigenvalue weighted by molar-refractivity contribution is 6.88. The lowest BCUT2D eigenvalue weighted by Gasteiger charge is -2.29. The van der Waals surface area contributed by atoms with Gasteiger partial charge in [0.2, 0.25) is 0 Å². The lowest BCUT2D eigenvalue weighted by Crippen LogP contribution is -2.37. The molecule has 0 aromatic heterocycles. The first-order valence-electron chi connectivity index (χ1n) is 18.4. The van der Waals surface area contributed by atoms with Crippen LogP contribution < -0.4 is 10.1 Å². The van der Waals surface area contributed by atoms with Crippen LogP contribution in [0.25, 0.3) is 54.6 Å². The molecule has 0 N–H and O–H groups in total. The number of nitrogens with zero attached hydrogens (tertiary/aromatic N) is 1. The van der Waals surface area contributed by atoms with E-state index in [2.05, 4.69) is 186 Å². The lowest BCUT2D eigenvalue weighted by molar-refractivity contribution is 0.660. The maximum absolute atomic E-state index is 2.51. The minimum absolute atomic E-state index is 0.0330. The van der Waals surface area contributed by atoms with E-state index in [-0.39, 0.29) is 10.8 Å². The summed E-state index contributed by atoms with van der Waals surface area (Å²) in [6.45, 7) is 16.8. The first-order valence-corrected chi connectivity index (χ1v) is 21.9. The third-order valence-electron chi connectivity index (χ3n) is 12.4. The van der Waals surface area contributed by atoms with Crippen LogP contribution >= 0.6 is 0 Å². The molecule has 8 aromatic rings. The van der Waals surface area contributed by atoms with Gasteiger partial charge in [-0.1, -0.05) is 150 Å². The molecule has 0 amide bonds. The van der Waals surface area contributed by atoms with Crippen LogP contribution in [-0.4, -0.2) is 8.07 Å². The monoisotopic (exact) mass is 673 g/mol. The van der Waals surface area contributed by atoms with Gasteiger partial charge in [-0.05, 0) is 108 Å². The van der Waals surface area contributed by atoms with E-state index in [0.717, 1.165) is 0 Å². The molecule has 2 aliphatic carbocycles. The van der Waals surface area contributed by atoms with Crippen molar-refractivity contribution >= 4 is 62.6 Å². The summed E-state index contributed by atoms with van der Waals surface area (Å²) in [4.78, 5) is 2.51. The zero-order chi connectivity index (χ0) is 35.0. The second kappa shape index (κ2) is 10.2. The van der Waals surface area contributed by atoms with Crippen LogP contribution in [-0.2, 0) is 10.8 Å². The van der Waals surface area contributed by atoms with Crippen LogP contribution in [0.3, 0.4) is 0 Å². The van der Waals surface area contributed by atoms with Gasteiger partial charge in [0.15, 0.2) is 0 Å². The zero-order valence-electron chi connectivity index (χ0n) is 30.6. The molecule has 0 heterocycles. The molecule has 0 bridgehead atoms. The molecule has 0 saturated heterocycles. The average Bonchev–Trinajstić information content (AvgIpc) is 3.50. The van der Waals surface area contributed by atoms with Gasteiger partial charge in [0.1, 0.15) is 0 Å². The Bertz CT molecular complexity index is 2720. The quantitative estimate of drug-likeness (QED) is 0.133. The number of benzene rings is 8. The summed E-state index contributed by atoms with van der Waals surface area (Å²) < 4.78 is 0. The summed E-state index contributed by atoms with van der Waals surface area (Å²) >= 11 is 0. The average molecular weight is 674 g/mol. The minimum Gasteiger partial charge on any atom is -0.310 e. The van der Waals surface area contributed by atoms with Crippen molar-refractivity contribution in [3.63, 3.8) is 0 Å². The van der Waals surface area contributed by atoms with Crippen molar-refractivity contribution in [1.82, 2.24) is 0 Å². The lowest BCUT2D eigenvalue weighted by atomic mass is 9.80. The minimum atomic E-state index is -1.47. The fourth-order valence-electron chi connectivity index (χ4n) is 9.62. The molecule has 8 aromatic carbocycles. The van der Waals surface area contributed by atoms with E-state index >= 15 is 0 Å². The van der Waals surface area contributed by atoms with Crippen LogP contribution in [0.5, 0.6) is 0 Å². The highest BCUT2D eigenvalue weighted by Gasteiger charge is 2.38. The Morgan fingerprint density at radius 2 is 1.02 bits per heavy atom. The van der Waals surface area contributed by atoms with Crippen LogP contribution in [0.2, 0.25) is 19.6 Å². The molecule has 10 rings (SSSR count). The maximum atomic E-state index is 2.51. The molecule has 0 radical (unpaired) electrons. The smallest absolute Gasteiger partial charge is 0.0775 e. The van der Waals surface area contributed by atoms with Crippen LogP contribution in [0.4, 0.5) is 17.1 Å². The summed E-state index contributed by atoms with van der Waals surface area (Å²) in [6, 6.07) is 51.3. The molecule has 51 heavy (non-hydrogen) atoms. The first-order chi connectivity index (χ1) is 24.4. The number of anilines is 3. The molecule has 0 saturated carbocycles. The van der Waals surface area contributed by atoms with Gasteiger partial charge in [-0.15, -0.1) is 0 Å². The molecule has 0 unspecified atom stereocenters. The molecule has 0 spiro atoms. The van der Waals surface area contributed by atoms with Crippen LogP contribution in [0, 0.1) is 0 Å². The number of rotatable bonds is 4. The van der Waals surface area contributed by atoms with Crippen molar-refractivity contribution in [2.24, 2.45) is 0 Å². The fourth-order valence-corrected chi connectivity index (χ4v) is 10.8. The van der Waals surface area contributed by atoms with Crippen molar-refractivity contribution in [3.05, 3.63) is 156 Å². The van der Waals surface area contributed by atoms with E-state index in [9.17, 15) is 0 Å². The SMILES string of the molecule is CC1(C)c2ccccc2-c2cc(N(c3ccc([Si](C)(C)C)cc3)c3ccc4ccc5cc6c(c7ccc3c4c57)-c3ccccc3C6(C)C)ccc21. The van der Waals surface area contributed by atoms with Gasteiger partial charge in [0.25, 0.3) is 0 Å².